The molecule has 138 valence electrons. The number of primary amides is 1. The van der Waals surface area contributed by atoms with E-state index in [0.29, 0.717) is 11.5 Å². The van der Waals surface area contributed by atoms with Crippen LogP contribution >= 0.6 is 0 Å². The van der Waals surface area contributed by atoms with Crippen molar-refractivity contribution in [1.29, 1.82) is 0 Å². The van der Waals surface area contributed by atoms with Gasteiger partial charge in [-0.2, -0.15) is 0 Å². The van der Waals surface area contributed by atoms with E-state index in [1.54, 1.807) is 24.5 Å². The number of aromatic nitrogens is 3. The maximum Gasteiger partial charge on any atom is 0.267 e. The fourth-order valence-corrected chi connectivity index (χ4v) is 3.42. The van der Waals surface area contributed by atoms with Crippen LogP contribution in [0.25, 0.3) is 16.7 Å². The molecule has 2 N–H and O–H groups in total. The highest BCUT2D eigenvalue weighted by Gasteiger charge is 2.22. The summed E-state index contributed by atoms with van der Waals surface area (Å²) in [5.41, 5.74) is 7.55. The maximum absolute atomic E-state index is 12.8. The first kappa shape index (κ1) is 17.2. The molecule has 1 aliphatic heterocycles. The van der Waals surface area contributed by atoms with Crippen LogP contribution in [0.1, 0.15) is 40.6 Å². The van der Waals surface area contributed by atoms with Gasteiger partial charge in [0.1, 0.15) is 11.3 Å². The van der Waals surface area contributed by atoms with E-state index in [9.17, 15) is 9.59 Å². The molecule has 7 heteroatoms. The SMILES string of the molecule is CC1CCN(C(=O)c2cnc3c(ccn3-c3ccc(C(N)=O)nc3)c2)CC1. The molecule has 1 saturated heterocycles. The number of rotatable bonds is 3. The average Bonchev–Trinajstić information content (AvgIpc) is 3.11. The van der Waals surface area contributed by atoms with Crippen molar-refractivity contribution in [1.82, 2.24) is 19.4 Å². The van der Waals surface area contributed by atoms with Crippen LogP contribution in [-0.2, 0) is 0 Å². The second-order valence-corrected chi connectivity index (χ2v) is 7.06. The van der Waals surface area contributed by atoms with E-state index < -0.39 is 5.91 Å². The van der Waals surface area contributed by atoms with Gasteiger partial charge in [-0.3, -0.25) is 14.2 Å². The second kappa shape index (κ2) is 6.83. The van der Waals surface area contributed by atoms with Crippen molar-refractivity contribution in [3.05, 3.63) is 54.1 Å². The van der Waals surface area contributed by atoms with Gasteiger partial charge < -0.3 is 10.6 Å². The van der Waals surface area contributed by atoms with Crippen LogP contribution in [0.5, 0.6) is 0 Å². The number of pyridine rings is 2. The zero-order valence-electron chi connectivity index (χ0n) is 15.1. The predicted octanol–water partition coefficient (Wildman–Crippen LogP) is 2.39. The topological polar surface area (TPSA) is 94.1 Å². The largest absolute Gasteiger partial charge is 0.364 e. The molecule has 0 unspecified atom stereocenters. The van der Waals surface area contributed by atoms with E-state index in [1.165, 1.54) is 0 Å². The fourth-order valence-electron chi connectivity index (χ4n) is 3.42. The van der Waals surface area contributed by atoms with Crippen molar-refractivity contribution in [2.75, 3.05) is 13.1 Å². The lowest BCUT2D eigenvalue weighted by Gasteiger charge is -2.30. The lowest BCUT2D eigenvalue weighted by molar-refractivity contribution is 0.0697. The van der Waals surface area contributed by atoms with Gasteiger partial charge in [-0.1, -0.05) is 6.92 Å². The van der Waals surface area contributed by atoms with Gasteiger partial charge in [0.2, 0.25) is 0 Å². The number of hydrogen-bond donors (Lipinski definition) is 1. The van der Waals surface area contributed by atoms with Gasteiger partial charge in [-0.05, 0) is 43.0 Å². The molecule has 0 bridgehead atoms. The standard InChI is InChI=1S/C20H21N5O2/c1-13-4-7-24(8-5-13)20(27)15-10-14-6-9-25(19(14)23-11-15)16-2-3-17(18(21)26)22-12-16/h2-3,6,9-13H,4-5,7-8H2,1H3,(H2,21,26). The number of fused-ring (bicyclic) bond motifs is 1. The monoisotopic (exact) mass is 363 g/mol. The summed E-state index contributed by atoms with van der Waals surface area (Å²) in [4.78, 5) is 34.4. The van der Waals surface area contributed by atoms with Gasteiger partial charge in [0.15, 0.2) is 0 Å². The van der Waals surface area contributed by atoms with Crippen molar-refractivity contribution in [3.63, 3.8) is 0 Å². The molecular formula is C20H21N5O2. The summed E-state index contributed by atoms with van der Waals surface area (Å²) in [6.07, 6.45) is 7.17. The minimum atomic E-state index is -0.563. The van der Waals surface area contributed by atoms with Gasteiger partial charge in [-0.25, -0.2) is 9.97 Å². The van der Waals surface area contributed by atoms with Crippen LogP contribution in [0.2, 0.25) is 0 Å². The number of amides is 2. The molecule has 3 aromatic rings. The molecule has 7 nitrogen and oxygen atoms in total. The van der Waals surface area contributed by atoms with Crippen LogP contribution in [-0.4, -0.2) is 44.3 Å². The lowest BCUT2D eigenvalue weighted by Crippen LogP contribution is -2.37. The van der Waals surface area contributed by atoms with Crippen molar-refractivity contribution in [2.24, 2.45) is 11.7 Å². The molecule has 1 fully saturated rings. The van der Waals surface area contributed by atoms with Crippen LogP contribution in [0.15, 0.2) is 42.9 Å². The third-order valence-corrected chi connectivity index (χ3v) is 5.12. The van der Waals surface area contributed by atoms with Crippen molar-refractivity contribution in [3.8, 4) is 5.69 Å². The summed E-state index contributed by atoms with van der Waals surface area (Å²) < 4.78 is 1.87. The number of carbonyl (C=O) groups is 2. The Hall–Kier alpha value is -3.22. The normalized spacial score (nSPS) is 15.2. The first-order valence-corrected chi connectivity index (χ1v) is 9.05. The Morgan fingerprint density at radius 2 is 1.89 bits per heavy atom. The van der Waals surface area contributed by atoms with Crippen molar-refractivity contribution in [2.45, 2.75) is 19.8 Å². The average molecular weight is 363 g/mol. The van der Waals surface area contributed by atoms with Crippen molar-refractivity contribution < 1.29 is 9.59 Å². The van der Waals surface area contributed by atoms with Crippen molar-refractivity contribution >= 4 is 22.8 Å². The second-order valence-electron chi connectivity index (χ2n) is 7.06. The zero-order chi connectivity index (χ0) is 19.0. The molecule has 4 heterocycles. The molecule has 1 aliphatic rings. The minimum absolute atomic E-state index is 0.0385. The van der Waals surface area contributed by atoms with Gasteiger partial charge in [0.05, 0.1) is 17.4 Å². The molecular weight excluding hydrogens is 342 g/mol. The van der Waals surface area contributed by atoms with Gasteiger partial charge in [-0.15, -0.1) is 0 Å². The first-order valence-electron chi connectivity index (χ1n) is 9.05. The summed E-state index contributed by atoms with van der Waals surface area (Å²) in [5, 5.41) is 0.880. The van der Waals surface area contributed by atoms with E-state index in [1.807, 2.05) is 27.8 Å². The number of carbonyl (C=O) groups excluding carboxylic acids is 2. The molecule has 27 heavy (non-hydrogen) atoms. The Balaban J connectivity index is 1.61. The molecule has 0 atom stereocenters. The molecule has 4 rings (SSSR count). The van der Waals surface area contributed by atoms with E-state index in [0.717, 1.165) is 42.7 Å². The first-order chi connectivity index (χ1) is 13.0. The Kier molecular flexibility index (Phi) is 4.35. The van der Waals surface area contributed by atoms with Crippen LogP contribution in [0, 0.1) is 5.92 Å². The zero-order valence-corrected chi connectivity index (χ0v) is 15.1. The maximum atomic E-state index is 12.8. The Morgan fingerprint density at radius 3 is 2.56 bits per heavy atom. The van der Waals surface area contributed by atoms with E-state index in [4.69, 9.17) is 5.73 Å². The molecule has 0 spiro atoms. The molecule has 0 radical (unpaired) electrons. The van der Waals surface area contributed by atoms with Crippen LogP contribution in [0.4, 0.5) is 0 Å². The van der Waals surface area contributed by atoms with Gasteiger partial charge in [0, 0.05) is 30.9 Å². The third-order valence-electron chi connectivity index (χ3n) is 5.12. The van der Waals surface area contributed by atoms with E-state index >= 15 is 0 Å². The molecule has 2 amide bonds. The minimum Gasteiger partial charge on any atom is -0.364 e. The third kappa shape index (κ3) is 3.28. The lowest BCUT2D eigenvalue weighted by atomic mass is 9.99. The highest BCUT2D eigenvalue weighted by atomic mass is 16.2. The number of nitrogens with two attached hydrogens (primary N) is 1. The highest BCUT2D eigenvalue weighted by molar-refractivity contribution is 5.97. The number of nitrogens with zero attached hydrogens (tertiary/aromatic N) is 4. The fraction of sp³-hybridized carbons (Fsp3) is 0.300. The van der Waals surface area contributed by atoms with Gasteiger partial charge >= 0.3 is 0 Å². The van der Waals surface area contributed by atoms with E-state index in [2.05, 4.69) is 16.9 Å². The molecule has 3 aromatic heterocycles. The quantitative estimate of drug-likeness (QED) is 0.773. The summed E-state index contributed by atoms with van der Waals surface area (Å²) in [6, 6.07) is 7.14. The Morgan fingerprint density at radius 1 is 1.11 bits per heavy atom. The Labute approximate surface area is 156 Å². The summed E-state index contributed by atoms with van der Waals surface area (Å²) >= 11 is 0. The van der Waals surface area contributed by atoms with E-state index in [-0.39, 0.29) is 11.6 Å². The summed E-state index contributed by atoms with van der Waals surface area (Å²) in [6.45, 7) is 3.83. The number of hydrogen-bond acceptors (Lipinski definition) is 4. The molecule has 0 saturated carbocycles. The summed E-state index contributed by atoms with van der Waals surface area (Å²) in [5.74, 6) is 0.155. The Bertz CT molecular complexity index is 1000. The predicted molar refractivity (Wildman–Crippen MR) is 102 cm³/mol. The van der Waals surface area contributed by atoms with Crippen LogP contribution in [0.3, 0.4) is 0 Å². The molecule has 0 aliphatic carbocycles. The number of likely N-dealkylation sites (tertiary alicyclic amines) is 1. The van der Waals surface area contributed by atoms with Crippen LogP contribution < -0.4 is 5.73 Å². The molecule has 0 aromatic carbocycles. The van der Waals surface area contributed by atoms with Gasteiger partial charge in [0.25, 0.3) is 11.8 Å². The number of piperidine rings is 1. The summed E-state index contributed by atoms with van der Waals surface area (Å²) in [7, 11) is 0. The highest BCUT2D eigenvalue weighted by Crippen LogP contribution is 2.22. The smallest absolute Gasteiger partial charge is 0.267 e.